The van der Waals surface area contributed by atoms with Gasteiger partial charge in [-0.15, -0.1) is 0 Å². The van der Waals surface area contributed by atoms with Crippen LogP contribution in [0.15, 0.2) is 54.6 Å². The fourth-order valence-electron chi connectivity index (χ4n) is 3.47. The third-order valence-corrected chi connectivity index (χ3v) is 6.51. The van der Waals surface area contributed by atoms with Crippen molar-refractivity contribution >= 4 is 27.5 Å². The lowest BCUT2D eigenvalue weighted by Gasteiger charge is -2.30. The van der Waals surface area contributed by atoms with Crippen LogP contribution in [0.3, 0.4) is 0 Å². The first-order valence-corrected chi connectivity index (χ1v) is 12.6. The molecule has 0 spiro atoms. The molecule has 8 heteroatoms. The lowest BCUT2D eigenvalue weighted by atomic mass is 10.1. The molecule has 0 fully saturated rings. The Morgan fingerprint density at radius 2 is 1.66 bits per heavy atom. The van der Waals surface area contributed by atoms with Crippen LogP contribution in [-0.2, 0) is 26.2 Å². The van der Waals surface area contributed by atoms with Crippen molar-refractivity contribution in [3.8, 4) is 0 Å². The van der Waals surface area contributed by atoms with Gasteiger partial charge < -0.3 is 10.2 Å². The molecular formula is C24H33N3O4S. The van der Waals surface area contributed by atoms with E-state index in [1.807, 2.05) is 44.2 Å². The molecule has 2 aromatic rings. The van der Waals surface area contributed by atoms with E-state index in [0.29, 0.717) is 25.2 Å². The van der Waals surface area contributed by atoms with E-state index in [9.17, 15) is 18.0 Å². The predicted molar refractivity (Wildman–Crippen MR) is 128 cm³/mol. The van der Waals surface area contributed by atoms with Gasteiger partial charge in [-0.2, -0.15) is 0 Å². The van der Waals surface area contributed by atoms with Crippen molar-refractivity contribution in [3.63, 3.8) is 0 Å². The predicted octanol–water partition coefficient (Wildman–Crippen LogP) is 3.09. The van der Waals surface area contributed by atoms with Gasteiger partial charge in [0.25, 0.3) is 0 Å². The van der Waals surface area contributed by atoms with E-state index in [0.717, 1.165) is 17.4 Å². The fourth-order valence-corrected chi connectivity index (χ4v) is 4.44. The molecule has 2 rings (SSSR count). The highest BCUT2D eigenvalue weighted by atomic mass is 32.2. The summed E-state index contributed by atoms with van der Waals surface area (Å²) in [5, 5.41) is 2.78. The Balaban J connectivity index is 2.14. The minimum atomic E-state index is -3.48. The number of aryl methyl sites for hydroxylation is 1. The maximum Gasteiger partial charge on any atom is 0.242 e. The molecule has 0 bridgehead atoms. The highest BCUT2D eigenvalue weighted by molar-refractivity contribution is 7.92. The van der Waals surface area contributed by atoms with Crippen LogP contribution in [0.5, 0.6) is 0 Å². The molecule has 0 aliphatic rings. The zero-order valence-electron chi connectivity index (χ0n) is 19.2. The van der Waals surface area contributed by atoms with E-state index in [1.165, 1.54) is 4.31 Å². The van der Waals surface area contributed by atoms with Gasteiger partial charge in [-0.05, 0) is 50.5 Å². The van der Waals surface area contributed by atoms with Gasteiger partial charge in [-0.25, -0.2) is 8.42 Å². The molecular weight excluding hydrogens is 426 g/mol. The molecule has 0 aliphatic carbocycles. The smallest absolute Gasteiger partial charge is 0.242 e. The van der Waals surface area contributed by atoms with E-state index >= 15 is 0 Å². The zero-order chi connectivity index (χ0) is 23.7. The Kier molecular flexibility index (Phi) is 9.26. The number of carbonyl (C=O) groups excluding carboxylic acids is 2. The summed E-state index contributed by atoms with van der Waals surface area (Å²) in [5.41, 5.74) is 2.58. The number of hydrogen-bond donors (Lipinski definition) is 1. The molecule has 0 aliphatic heterocycles. The molecule has 0 saturated heterocycles. The number of nitrogens with one attached hydrogen (secondary N) is 1. The molecule has 7 nitrogen and oxygen atoms in total. The molecule has 0 aromatic heterocycles. The molecule has 1 atom stereocenters. The molecule has 0 heterocycles. The number of anilines is 1. The minimum absolute atomic E-state index is 0.133. The Morgan fingerprint density at radius 1 is 1.03 bits per heavy atom. The summed E-state index contributed by atoms with van der Waals surface area (Å²) < 4.78 is 25.8. The van der Waals surface area contributed by atoms with Crippen LogP contribution >= 0.6 is 0 Å². The second-order valence-corrected chi connectivity index (χ2v) is 9.70. The summed E-state index contributed by atoms with van der Waals surface area (Å²) in [6.45, 7) is 6.50. The van der Waals surface area contributed by atoms with Gasteiger partial charge >= 0.3 is 0 Å². The Labute approximate surface area is 191 Å². The number of nitrogens with zero attached hydrogens (tertiary/aromatic N) is 2. The number of benzene rings is 2. The van der Waals surface area contributed by atoms with E-state index in [4.69, 9.17) is 0 Å². The molecule has 1 N–H and O–H groups in total. The highest BCUT2D eigenvalue weighted by Crippen LogP contribution is 2.19. The van der Waals surface area contributed by atoms with Gasteiger partial charge in [0.2, 0.25) is 21.8 Å². The molecule has 32 heavy (non-hydrogen) atoms. The first kappa shape index (κ1) is 25.4. The van der Waals surface area contributed by atoms with Gasteiger partial charge in [0.05, 0.1) is 11.9 Å². The molecule has 0 saturated carbocycles. The fraction of sp³-hybridized carbons (Fsp3) is 0.417. The summed E-state index contributed by atoms with van der Waals surface area (Å²) in [7, 11) is -3.48. The SMILES string of the molecule is CCNC(=O)C(C)N(Cc1ccccc1C)C(=O)CCCN(c1ccccc1)S(C)(=O)=O. The van der Waals surface area contributed by atoms with Crippen molar-refractivity contribution in [1.82, 2.24) is 10.2 Å². The first-order chi connectivity index (χ1) is 15.1. The third kappa shape index (κ3) is 7.09. The first-order valence-electron chi connectivity index (χ1n) is 10.8. The van der Waals surface area contributed by atoms with Crippen LogP contribution in [0.25, 0.3) is 0 Å². The lowest BCUT2D eigenvalue weighted by Crippen LogP contribution is -2.47. The highest BCUT2D eigenvalue weighted by Gasteiger charge is 2.26. The third-order valence-electron chi connectivity index (χ3n) is 5.32. The number of sulfonamides is 1. The quantitative estimate of drug-likeness (QED) is 0.559. The van der Waals surface area contributed by atoms with E-state index < -0.39 is 16.1 Å². The van der Waals surface area contributed by atoms with Crippen molar-refractivity contribution in [2.24, 2.45) is 0 Å². The zero-order valence-corrected chi connectivity index (χ0v) is 20.1. The molecule has 2 amide bonds. The monoisotopic (exact) mass is 459 g/mol. The average Bonchev–Trinajstić information content (AvgIpc) is 2.75. The largest absolute Gasteiger partial charge is 0.355 e. The summed E-state index contributed by atoms with van der Waals surface area (Å²) in [4.78, 5) is 27.2. The van der Waals surface area contributed by atoms with Crippen molar-refractivity contribution in [2.45, 2.75) is 46.2 Å². The summed E-state index contributed by atoms with van der Waals surface area (Å²) >= 11 is 0. The molecule has 0 radical (unpaired) electrons. The summed E-state index contributed by atoms with van der Waals surface area (Å²) in [6, 6.07) is 15.9. The number of para-hydroxylation sites is 1. The average molecular weight is 460 g/mol. The van der Waals surface area contributed by atoms with E-state index in [2.05, 4.69) is 5.32 Å². The van der Waals surface area contributed by atoms with Gasteiger partial charge in [0, 0.05) is 26.1 Å². The Morgan fingerprint density at radius 3 is 2.25 bits per heavy atom. The van der Waals surface area contributed by atoms with Gasteiger partial charge in [0.15, 0.2) is 0 Å². The molecule has 2 aromatic carbocycles. The van der Waals surface area contributed by atoms with Gasteiger partial charge in [0.1, 0.15) is 6.04 Å². The number of rotatable bonds is 11. The van der Waals surface area contributed by atoms with Crippen LogP contribution in [0.1, 0.15) is 37.8 Å². The number of likely N-dealkylation sites (N-methyl/N-ethyl adjacent to an activating group) is 1. The van der Waals surface area contributed by atoms with Crippen molar-refractivity contribution in [1.29, 1.82) is 0 Å². The van der Waals surface area contributed by atoms with Gasteiger partial charge in [-0.1, -0.05) is 42.5 Å². The van der Waals surface area contributed by atoms with Crippen molar-refractivity contribution in [3.05, 3.63) is 65.7 Å². The Hall–Kier alpha value is -2.87. The number of carbonyl (C=O) groups is 2. The maximum absolute atomic E-state index is 13.2. The summed E-state index contributed by atoms with van der Waals surface area (Å²) in [6.07, 6.45) is 1.63. The topological polar surface area (TPSA) is 86.8 Å². The van der Waals surface area contributed by atoms with Crippen LogP contribution < -0.4 is 9.62 Å². The summed E-state index contributed by atoms with van der Waals surface area (Å²) in [5.74, 6) is -0.398. The van der Waals surface area contributed by atoms with Crippen molar-refractivity contribution < 1.29 is 18.0 Å². The second kappa shape index (κ2) is 11.7. The molecule has 174 valence electrons. The lowest BCUT2D eigenvalue weighted by molar-refractivity contribution is -0.140. The Bertz CT molecular complexity index is 1010. The van der Waals surface area contributed by atoms with E-state index in [1.54, 1.807) is 36.1 Å². The van der Waals surface area contributed by atoms with Crippen LogP contribution in [0.4, 0.5) is 5.69 Å². The number of amides is 2. The van der Waals surface area contributed by atoms with Gasteiger partial charge in [-0.3, -0.25) is 13.9 Å². The normalized spacial score (nSPS) is 12.1. The number of hydrogen-bond acceptors (Lipinski definition) is 4. The standard InChI is InChI=1S/C24H33N3O4S/c1-5-25-24(29)20(3)26(18-21-13-10-9-12-19(21)2)23(28)16-11-17-27(32(4,30)31)22-14-7-6-8-15-22/h6-10,12-15,20H,5,11,16-18H2,1-4H3,(H,25,29). The van der Waals surface area contributed by atoms with Crippen LogP contribution in [0.2, 0.25) is 0 Å². The minimum Gasteiger partial charge on any atom is -0.355 e. The van der Waals surface area contributed by atoms with Crippen LogP contribution in [-0.4, -0.2) is 50.5 Å². The second-order valence-electron chi connectivity index (χ2n) is 7.79. The van der Waals surface area contributed by atoms with E-state index in [-0.39, 0.29) is 24.8 Å². The molecule has 1 unspecified atom stereocenters. The maximum atomic E-state index is 13.2. The van der Waals surface area contributed by atoms with Crippen molar-refractivity contribution in [2.75, 3.05) is 23.7 Å². The van der Waals surface area contributed by atoms with Crippen LogP contribution in [0, 0.1) is 6.92 Å².